The van der Waals surface area contributed by atoms with Crippen molar-refractivity contribution in [2.45, 2.75) is 12.8 Å². The first-order chi connectivity index (χ1) is 10.0. The lowest BCUT2D eigenvalue weighted by Gasteiger charge is -2.06. The molecule has 0 aromatic heterocycles. The molecule has 0 aliphatic rings. The van der Waals surface area contributed by atoms with Gasteiger partial charge >= 0.3 is 0 Å². The van der Waals surface area contributed by atoms with Crippen LogP contribution in [0.2, 0.25) is 0 Å². The lowest BCUT2D eigenvalue weighted by Crippen LogP contribution is -2.27. The maximum Gasteiger partial charge on any atom is 0.224 e. The van der Waals surface area contributed by atoms with Gasteiger partial charge in [-0.15, -0.1) is 0 Å². The molecule has 2 rings (SSSR count). The summed E-state index contributed by atoms with van der Waals surface area (Å²) < 4.78 is 39.1. The van der Waals surface area contributed by atoms with Gasteiger partial charge < -0.3 is 5.32 Å². The molecular formula is C16H14F3NO. The minimum absolute atomic E-state index is 0.117. The molecule has 0 unspecified atom stereocenters. The molecule has 0 heterocycles. The summed E-state index contributed by atoms with van der Waals surface area (Å²) in [5, 5.41) is 2.62. The number of nitrogens with one attached hydrogen (secondary N) is 1. The number of hydrogen-bond acceptors (Lipinski definition) is 1. The van der Waals surface area contributed by atoms with Crippen molar-refractivity contribution in [3.63, 3.8) is 0 Å². The lowest BCUT2D eigenvalue weighted by atomic mass is 10.1. The molecule has 110 valence electrons. The summed E-state index contributed by atoms with van der Waals surface area (Å²) >= 11 is 0. The van der Waals surface area contributed by atoms with Crippen LogP contribution in [-0.4, -0.2) is 12.5 Å². The smallest absolute Gasteiger partial charge is 0.224 e. The number of amides is 1. The minimum atomic E-state index is -0.510. The average molecular weight is 293 g/mol. The van der Waals surface area contributed by atoms with Crippen molar-refractivity contribution in [1.29, 1.82) is 0 Å². The molecule has 2 aromatic carbocycles. The van der Waals surface area contributed by atoms with Crippen LogP contribution in [-0.2, 0) is 17.6 Å². The molecule has 0 saturated heterocycles. The second kappa shape index (κ2) is 6.92. The van der Waals surface area contributed by atoms with Crippen molar-refractivity contribution < 1.29 is 18.0 Å². The Balaban J connectivity index is 1.81. The predicted molar refractivity (Wildman–Crippen MR) is 73.2 cm³/mol. The third kappa shape index (κ3) is 4.63. The number of carbonyl (C=O) groups is 1. The van der Waals surface area contributed by atoms with E-state index in [4.69, 9.17) is 0 Å². The van der Waals surface area contributed by atoms with Crippen LogP contribution in [0, 0.1) is 17.5 Å². The molecule has 21 heavy (non-hydrogen) atoms. The summed E-state index contributed by atoms with van der Waals surface area (Å²) in [7, 11) is 0. The van der Waals surface area contributed by atoms with Crippen molar-refractivity contribution in [2.75, 3.05) is 6.54 Å². The van der Waals surface area contributed by atoms with Crippen molar-refractivity contribution >= 4 is 5.91 Å². The quantitative estimate of drug-likeness (QED) is 0.902. The van der Waals surface area contributed by atoms with Crippen LogP contribution >= 0.6 is 0 Å². The van der Waals surface area contributed by atoms with Gasteiger partial charge in [0.1, 0.15) is 17.5 Å². The molecule has 0 saturated carbocycles. The van der Waals surface area contributed by atoms with Gasteiger partial charge in [0, 0.05) is 6.54 Å². The maximum atomic E-state index is 13.4. The second-order valence-corrected chi connectivity index (χ2v) is 4.64. The van der Waals surface area contributed by atoms with E-state index in [-0.39, 0.29) is 36.7 Å². The summed E-state index contributed by atoms with van der Waals surface area (Å²) in [5.74, 6) is -1.62. The van der Waals surface area contributed by atoms with E-state index in [1.807, 2.05) is 0 Å². The Morgan fingerprint density at radius 1 is 0.952 bits per heavy atom. The zero-order valence-corrected chi connectivity index (χ0v) is 11.2. The van der Waals surface area contributed by atoms with Crippen LogP contribution < -0.4 is 5.32 Å². The van der Waals surface area contributed by atoms with Crippen LogP contribution in [0.4, 0.5) is 13.2 Å². The highest BCUT2D eigenvalue weighted by atomic mass is 19.1. The highest BCUT2D eigenvalue weighted by Gasteiger charge is 2.06. The van der Waals surface area contributed by atoms with E-state index in [0.717, 1.165) is 18.2 Å². The summed E-state index contributed by atoms with van der Waals surface area (Å²) in [6.45, 7) is 0.209. The van der Waals surface area contributed by atoms with E-state index >= 15 is 0 Å². The Hall–Kier alpha value is -2.30. The van der Waals surface area contributed by atoms with Gasteiger partial charge in [-0.2, -0.15) is 0 Å². The Bertz CT molecular complexity index is 626. The van der Waals surface area contributed by atoms with Gasteiger partial charge in [-0.25, -0.2) is 13.2 Å². The second-order valence-electron chi connectivity index (χ2n) is 4.64. The van der Waals surface area contributed by atoms with E-state index in [1.54, 1.807) is 0 Å². The van der Waals surface area contributed by atoms with Crippen molar-refractivity contribution in [3.05, 3.63) is 71.0 Å². The Morgan fingerprint density at radius 3 is 2.33 bits per heavy atom. The fourth-order valence-electron chi connectivity index (χ4n) is 1.92. The Labute approximate surface area is 120 Å². The first kappa shape index (κ1) is 15.1. The SMILES string of the molecule is O=C(Cc1ccc(F)cc1)NCCc1cc(F)ccc1F. The largest absolute Gasteiger partial charge is 0.355 e. The fourth-order valence-corrected chi connectivity index (χ4v) is 1.92. The standard InChI is InChI=1S/C16H14F3NO/c17-13-3-1-11(2-4-13)9-16(21)20-8-7-12-10-14(18)5-6-15(12)19/h1-6,10H,7-9H2,(H,20,21). The predicted octanol–water partition coefficient (Wildman–Crippen LogP) is 3.01. The van der Waals surface area contributed by atoms with Gasteiger partial charge in [0.25, 0.3) is 0 Å². The number of rotatable bonds is 5. The summed E-state index contributed by atoms with van der Waals surface area (Å²) in [6, 6.07) is 8.84. The highest BCUT2D eigenvalue weighted by molar-refractivity contribution is 5.78. The first-order valence-corrected chi connectivity index (χ1v) is 6.49. The molecular weight excluding hydrogens is 279 g/mol. The van der Waals surface area contributed by atoms with Gasteiger partial charge in [-0.1, -0.05) is 12.1 Å². The van der Waals surface area contributed by atoms with E-state index in [2.05, 4.69) is 5.32 Å². The molecule has 2 nitrogen and oxygen atoms in total. The molecule has 1 N–H and O–H groups in total. The van der Waals surface area contributed by atoms with E-state index in [0.29, 0.717) is 5.56 Å². The van der Waals surface area contributed by atoms with Gasteiger partial charge in [0.2, 0.25) is 5.91 Å². The summed E-state index contributed by atoms with van der Waals surface area (Å²) in [6.07, 6.45) is 0.324. The van der Waals surface area contributed by atoms with Crippen LogP contribution in [0.1, 0.15) is 11.1 Å². The van der Waals surface area contributed by atoms with Gasteiger partial charge in [-0.3, -0.25) is 4.79 Å². The number of benzene rings is 2. The van der Waals surface area contributed by atoms with Crippen LogP contribution in [0.3, 0.4) is 0 Å². The third-order valence-electron chi connectivity index (χ3n) is 3.00. The fraction of sp³-hybridized carbons (Fsp3) is 0.188. The van der Waals surface area contributed by atoms with Crippen LogP contribution in [0.25, 0.3) is 0 Å². The number of halogens is 3. The zero-order valence-electron chi connectivity index (χ0n) is 11.2. The average Bonchev–Trinajstić information content (AvgIpc) is 2.45. The molecule has 0 fully saturated rings. The molecule has 1 amide bonds. The summed E-state index contributed by atoms with van der Waals surface area (Å²) in [5.41, 5.74) is 0.905. The lowest BCUT2D eigenvalue weighted by molar-refractivity contribution is -0.120. The maximum absolute atomic E-state index is 13.4. The third-order valence-corrected chi connectivity index (χ3v) is 3.00. The van der Waals surface area contributed by atoms with E-state index < -0.39 is 11.6 Å². The van der Waals surface area contributed by atoms with Crippen molar-refractivity contribution in [1.82, 2.24) is 5.32 Å². The van der Waals surface area contributed by atoms with Gasteiger partial charge in [-0.05, 0) is 47.9 Å². The number of hydrogen-bond donors (Lipinski definition) is 1. The van der Waals surface area contributed by atoms with Crippen molar-refractivity contribution in [2.24, 2.45) is 0 Å². The molecule has 0 spiro atoms. The molecule has 0 aliphatic heterocycles. The molecule has 0 bridgehead atoms. The van der Waals surface area contributed by atoms with E-state index in [1.165, 1.54) is 24.3 Å². The van der Waals surface area contributed by atoms with Gasteiger partial charge in [0.15, 0.2) is 0 Å². The normalized spacial score (nSPS) is 10.4. The van der Waals surface area contributed by atoms with Crippen molar-refractivity contribution in [3.8, 4) is 0 Å². The monoisotopic (exact) mass is 293 g/mol. The molecule has 0 atom stereocenters. The van der Waals surface area contributed by atoms with E-state index in [9.17, 15) is 18.0 Å². The zero-order chi connectivity index (χ0) is 15.2. The molecule has 2 aromatic rings. The number of carbonyl (C=O) groups excluding carboxylic acids is 1. The molecule has 0 radical (unpaired) electrons. The molecule has 0 aliphatic carbocycles. The highest BCUT2D eigenvalue weighted by Crippen LogP contribution is 2.10. The van der Waals surface area contributed by atoms with Gasteiger partial charge in [0.05, 0.1) is 6.42 Å². The topological polar surface area (TPSA) is 29.1 Å². The van der Waals surface area contributed by atoms with Crippen LogP contribution in [0.5, 0.6) is 0 Å². The summed E-state index contributed by atoms with van der Waals surface area (Å²) in [4.78, 5) is 11.7. The molecule has 5 heteroatoms. The Morgan fingerprint density at radius 2 is 1.62 bits per heavy atom. The minimum Gasteiger partial charge on any atom is -0.355 e. The first-order valence-electron chi connectivity index (χ1n) is 6.49. The Kier molecular flexibility index (Phi) is 4.98. The van der Waals surface area contributed by atoms with Crippen LogP contribution in [0.15, 0.2) is 42.5 Å².